The van der Waals surface area contributed by atoms with Crippen LogP contribution in [0.1, 0.15) is 51.4 Å². The second-order valence-corrected chi connectivity index (χ2v) is 6.34. The van der Waals surface area contributed by atoms with Crippen molar-refractivity contribution in [3.63, 3.8) is 0 Å². The van der Waals surface area contributed by atoms with E-state index in [0.29, 0.717) is 6.42 Å². The molecule has 0 spiro atoms. The average Bonchev–Trinajstić information content (AvgIpc) is 2.78. The fourth-order valence-electron chi connectivity index (χ4n) is 2.87. The molecule has 0 radical (unpaired) electrons. The highest BCUT2D eigenvalue weighted by Crippen LogP contribution is 2.38. The van der Waals surface area contributed by atoms with Crippen LogP contribution in [-0.4, -0.2) is 15.9 Å². The van der Waals surface area contributed by atoms with Crippen LogP contribution in [-0.2, 0) is 10.2 Å². The van der Waals surface area contributed by atoms with Crippen molar-refractivity contribution in [1.29, 1.82) is 0 Å². The topological polar surface area (TPSA) is 57.8 Å². The molecule has 4 nitrogen and oxygen atoms in total. The zero-order valence-corrected chi connectivity index (χ0v) is 12.8. The molecular weight excluding hydrogens is 262 g/mol. The summed E-state index contributed by atoms with van der Waals surface area (Å²) in [5.41, 5.74) is 3.83. The molecule has 1 aliphatic rings. The number of H-pyrrole nitrogens is 1. The summed E-state index contributed by atoms with van der Waals surface area (Å²) in [6.07, 6.45) is 6.85. The molecule has 0 aliphatic carbocycles. The first-order valence-electron chi connectivity index (χ1n) is 7.50. The molecule has 21 heavy (non-hydrogen) atoms. The second kappa shape index (κ2) is 5.02. The standard InChI is InChI=1S/C17H21N3O/c1-4-5-6-7-15-18-13-8-11-12(9-14(13)19-15)20-16(21)10-17(11,2)3/h6-9H,4-5,10H2,1-3H3,(H,18,19)(H,20,21). The summed E-state index contributed by atoms with van der Waals surface area (Å²) in [7, 11) is 0. The lowest BCUT2D eigenvalue weighted by molar-refractivity contribution is -0.117. The number of fused-ring (bicyclic) bond motifs is 2. The minimum absolute atomic E-state index is 0.0745. The van der Waals surface area contributed by atoms with Crippen LogP contribution in [0, 0.1) is 0 Å². The molecule has 0 saturated heterocycles. The van der Waals surface area contributed by atoms with E-state index in [1.165, 1.54) is 5.56 Å². The maximum Gasteiger partial charge on any atom is 0.225 e. The van der Waals surface area contributed by atoms with Crippen molar-refractivity contribution in [3.05, 3.63) is 29.6 Å². The first kappa shape index (κ1) is 13.9. The Morgan fingerprint density at radius 2 is 2.19 bits per heavy atom. The third kappa shape index (κ3) is 2.58. The number of carbonyl (C=O) groups is 1. The Morgan fingerprint density at radius 1 is 1.38 bits per heavy atom. The Balaban J connectivity index is 2.05. The van der Waals surface area contributed by atoms with E-state index in [-0.39, 0.29) is 11.3 Å². The predicted octanol–water partition coefficient (Wildman–Crippen LogP) is 4.00. The molecule has 0 bridgehead atoms. The molecule has 3 rings (SSSR count). The fourth-order valence-corrected chi connectivity index (χ4v) is 2.87. The van der Waals surface area contributed by atoms with Gasteiger partial charge in [0.05, 0.1) is 11.0 Å². The molecule has 2 aromatic rings. The van der Waals surface area contributed by atoms with Gasteiger partial charge in [-0.3, -0.25) is 4.79 Å². The van der Waals surface area contributed by atoms with Gasteiger partial charge in [0.2, 0.25) is 5.91 Å². The Morgan fingerprint density at radius 3 is 2.95 bits per heavy atom. The maximum absolute atomic E-state index is 11.8. The summed E-state index contributed by atoms with van der Waals surface area (Å²) in [6.45, 7) is 6.37. The predicted molar refractivity (Wildman–Crippen MR) is 86.3 cm³/mol. The summed E-state index contributed by atoms with van der Waals surface area (Å²) in [6, 6.07) is 4.09. The highest BCUT2D eigenvalue weighted by atomic mass is 16.1. The molecular formula is C17H21N3O. The minimum atomic E-state index is -0.144. The Bertz CT molecular complexity index is 725. The number of nitrogens with zero attached hydrogens (tertiary/aromatic N) is 1. The molecule has 4 heteroatoms. The third-order valence-electron chi connectivity index (χ3n) is 3.98. The average molecular weight is 283 g/mol. The molecule has 0 saturated carbocycles. The van der Waals surface area contributed by atoms with Crippen molar-refractivity contribution >= 4 is 28.7 Å². The number of unbranched alkanes of at least 4 members (excludes halogenated alkanes) is 1. The number of nitrogens with one attached hydrogen (secondary N) is 2. The van der Waals surface area contributed by atoms with Crippen LogP contribution >= 0.6 is 0 Å². The third-order valence-corrected chi connectivity index (χ3v) is 3.98. The number of carbonyl (C=O) groups excluding carboxylic acids is 1. The number of amides is 1. The molecule has 0 fully saturated rings. The lowest BCUT2D eigenvalue weighted by atomic mass is 9.78. The van der Waals surface area contributed by atoms with E-state index in [4.69, 9.17) is 0 Å². The Labute approximate surface area is 124 Å². The van der Waals surface area contributed by atoms with Crippen LogP contribution in [0.5, 0.6) is 0 Å². The normalized spacial score (nSPS) is 17.2. The molecule has 0 unspecified atom stereocenters. The molecule has 2 N–H and O–H groups in total. The van der Waals surface area contributed by atoms with Gasteiger partial charge in [0, 0.05) is 17.5 Å². The number of hydrogen-bond acceptors (Lipinski definition) is 2. The van der Waals surface area contributed by atoms with E-state index >= 15 is 0 Å². The Kier molecular flexibility index (Phi) is 3.32. The van der Waals surface area contributed by atoms with Gasteiger partial charge in [0.1, 0.15) is 5.82 Å². The van der Waals surface area contributed by atoms with Crippen molar-refractivity contribution in [2.24, 2.45) is 0 Å². The zero-order valence-electron chi connectivity index (χ0n) is 12.8. The number of imidazole rings is 1. The van der Waals surface area contributed by atoms with Gasteiger partial charge in [-0.05, 0) is 30.2 Å². The van der Waals surface area contributed by atoms with Crippen molar-refractivity contribution < 1.29 is 4.79 Å². The van der Waals surface area contributed by atoms with Crippen molar-refractivity contribution in [1.82, 2.24) is 9.97 Å². The van der Waals surface area contributed by atoms with Gasteiger partial charge in [-0.25, -0.2) is 4.98 Å². The number of benzene rings is 1. The molecule has 1 aromatic carbocycles. The van der Waals surface area contributed by atoms with Crippen LogP contribution in [0.4, 0.5) is 5.69 Å². The maximum atomic E-state index is 11.8. The number of anilines is 1. The fraction of sp³-hybridized carbons (Fsp3) is 0.412. The Hall–Kier alpha value is -2.10. The molecule has 2 heterocycles. The zero-order chi connectivity index (χ0) is 15.0. The summed E-state index contributed by atoms with van der Waals surface area (Å²) in [5, 5.41) is 2.96. The summed E-state index contributed by atoms with van der Waals surface area (Å²) in [5.74, 6) is 0.940. The lowest BCUT2D eigenvalue weighted by Gasteiger charge is -2.31. The smallest absolute Gasteiger partial charge is 0.225 e. The van der Waals surface area contributed by atoms with E-state index in [2.05, 4.69) is 48.2 Å². The van der Waals surface area contributed by atoms with Gasteiger partial charge in [-0.1, -0.05) is 33.3 Å². The largest absolute Gasteiger partial charge is 0.338 e. The monoisotopic (exact) mass is 283 g/mol. The van der Waals surface area contributed by atoms with E-state index in [1.54, 1.807) is 0 Å². The van der Waals surface area contributed by atoms with Crippen LogP contribution < -0.4 is 5.32 Å². The van der Waals surface area contributed by atoms with Crippen molar-refractivity contribution in [3.8, 4) is 0 Å². The lowest BCUT2D eigenvalue weighted by Crippen LogP contribution is -2.32. The number of hydrogen-bond donors (Lipinski definition) is 2. The molecule has 1 aromatic heterocycles. The van der Waals surface area contributed by atoms with E-state index in [0.717, 1.165) is 35.4 Å². The van der Waals surface area contributed by atoms with Crippen molar-refractivity contribution in [2.75, 3.05) is 5.32 Å². The second-order valence-electron chi connectivity index (χ2n) is 6.34. The van der Waals surface area contributed by atoms with Crippen LogP contribution in [0.25, 0.3) is 17.1 Å². The molecule has 1 amide bonds. The molecule has 110 valence electrons. The van der Waals surface area contributed by atoms with Crippen LogP contribution in [0.15, 0.2) is 18.2 Å². The number of aromatic amines is 1. The summed E-state index contributed by atoms with van der Waals surface area (Å²) in [4.78, 5) is 19.7. The number of aromatic nitrogens is 2. The van der Waals surface area contributed by atoms with Gasteiger partial charge in [0.25, 0.3) is 0 Å². The SMILES string of the molecule is CCCC=Cc1nc2cc3c(cc2[nH]1)C(C)(C)CC(=O)N3. The van der Waals surface area contributed by atoms with Crippen molar-refractivity contribution in [2.45, 2.75) is 45.4 Å². The van der Waals surface area contributed by atoms with Gasteiger partial charge < -0.3 is 10.3 Å². The van der Waals surface area contributed by atoms with Crippen LogP contribution in [0.3, 0.4) is 0 Å². The van der Waals surface area contributed by atoms with Gasteiger partial charge in [0.15, 0.2) is 0 Å². The highest BCUT2D eigenvalue weighted by Gasteiger charge is 2.32. The van der Waals surface area contributed by atoms with E-state index in [1.807, 2.05) is 12.1 Å². The summed E-state index contributed by atoms with van der Waals surface area (Å²) < 4.78 is 0. The van der Waals surface area contributed by atoms with Gasteiger partial charge in [-0.2, -0.15) is 0 Å². The number of allylic oxidation sites excluding steroid dienone is 1. The first-order valence-corrected chi connectivity index (χ1v) is 7.50. The quantitative estimate of drug-likeness (QED) is 0.894. The highest BCUT2D eigenvalue weighted by molar-refractivity contribution is 5.98. The van der Waals surface area contributed by atoms with E-state index < -0.39 is 0 Å². The van der Waals surface area contributed by atoms with Crippen LogP contribution in [0.2, 0.25) is 0 Å². The first-order chi connectivity index (χ1) is 9.99. The van der Waals surface area contributed by atoms with Gasteiger partial charge >= 0.3 is 0 Å². The van der Waals surface area contributed by atoms with E-state index in [9.17, 15) is 4.79 Å². The summed E-state index contributed by atoms with van der Waals surface area (Å²) >= 11 is 0. The minimum Gasteiger partial charge on any atom is -0.338 e. The molecule has 1 aliphatic heterocycles. The van der Waals surface area contributed by atoms with Gasteiger partial charge in [-0.15, -0.1) is 0 Å². The number of rotatable bonds is 3. The molecule has 0 atom stereocenters.